The Hall–Kier alpha value is -1.30. The van der Waals surface area contributed by atoms with Crippen LogP contribution in [0.1, 0.15) is 26.3 Å². The number of hydrogen-bond donors (Lipinski definition) is 3. The molecular weight excluding hydrogens is 316 g/mol. The lowest BCUT2D eigenvalue weighted by molar-refractivity contribution is -0.123. The molecule has 1 fully saturated rings. The maximum Gasteiger partial charge on any atom is 0.257 e. The molecule has 0 saturated carbocycles. The highest BCUT2D eigenvalue weighted by Crippen LogP contribution is 2.30. The number of β-amino-alcohol motifs (C(OH)–C–C–N with tert-alkyl or cyclic N) is 1. The fourth-order valence-corrected chi connectivity index (χ4v) is 2.58. The lowest BCUT2D eigenvalue weighted by Gasteiger charge is -2.22. The number of benzene rings is 1. The average molecular weight is 343 g/mol. The lowest BCUT2D eigenvalue weighted by atomic mass is 9.86. The molecule has 1 aliphatic heterocycles. The first-order valence-electron chi connectivity index (χ1n) is 7.75. The van der Waals surface area contributed by atoms with Crippen molar-refractivity contribution in [1.29, 1.82) is 0 Å². The van der Waals surface area contributed by atoms with Crippen LogP contribution in [0.4, 0.5) is 0 Å². The zero-order chi connectivity index (χ0) is 16.2. The number of nitrogens with one attached hydrogen (secondary N) is 2. The number of carbonyl (C=O) groups is 1. The zero-order valence-corrected chi connectivity index (χ0v) is 14.8. The number of aliphatic hydroxyl groups excluding tert-OH is 1. The minimum Gasteiger partial charge on any atom is -0.483 e. The fraction of sp³-hybridized carbons (Fsp3) is 0.588. The molecule has 23 heavy (non-hydrogen) atoms. The second-order valence-corrected chi connectivity index (χ2v) is 6.82. The lowest BCUT2D eigenvalue weighted by Crippen LogP contribution is -2.37. The summed E-state index contributed by atoms with van der Waals surface area (Å²) in [7, 11) is 0. The van der Waals surface area contributed by atoms with Crippen molar-refractivity contribution in [3.05, 3.63) is 29.8 Å². The van der Waals surface area contributed by atoms with E-state index in [-0.39, 0.29) is 42.4 Å². The molecule has 130 valence electrons. The van der Waals surface area contributed by atoms with Gasteiger partial charge in [-0.1, -0.05) is 39.0 Å². The summed E-state index contributed by atoms with van der Waals surface area (Å²) in [5.74, 6) is 0.654. The van der Waals surface area contributed by atoms with Gasteiger partial charge >= 0.3 is 0 Å². The molecule has 0 radical (unpaired) electrons. The first kappa shape index (κ1) is 19.7. The monoisotopic (exact) mass is 342 g/mol. The summed E-state index contributed by atoms with van der Waals surface area (Å²) >= 11 is 0. The molecule has 0 aliphatic carbocycles. The molecule has 1 aromatic rings. The van der Waals surface area contributed by atoms with Crippen molar-refractivity contribution in [2.75, 3.05) is 26.2 Å². The normalized spacial score (nSPS) is 20.7. The van der Waals surface area contributed by atoms with Crippen molar-refractivity contribution in [3.63, 3.8) is 0 Å². The number of carbonyl (C=O) groups excluding carboxylic acids is 1. The predicted molar refractivity (Wildman–Crippen MR) is 93.3 cm³/mol. The highest BCUT2D eigenvalue weighted by molar-refractivity contribution is 5.85. The van der Waals surface area contributed by atoms with Crippen molar-refractivity contribution in [1.82, 2.24) is 10.6 Å². The number of ether oxygens (including phenoxy) is 1. The van der Waals surface area contributed by atoms with E-state index in [2.05, 4.69) is 31.4 Å². The number of para-hydroxylation sites is 1. The van der Waals surface area contributed by atoms with Crippen molar-refractivity contribution in [3.8, 4) is 5.75 Å². The van der Waals surface area contributed by atoms with E-state index in [1.165, 1.54) is 0 Å². The maximum absolute atomic E-state index is 11.9. The Balaban J connectivity index is 0.00000264. The van der Waals surface area contributed by atoms with Gasteiger partial charge in [-0.05, 0) is 17.0 Å². The zero-order valence-electron chi connectivity index (χ0n) is 14.0. The molecule has 2 rings (SSSR count). The van der Waals surface area contributed by atoms with Gasteiger partial charge in [-0.2, -0.15) is 0 Å². The Labute approximate surface area is 144 Å². The second-order valence-electron chi connectivity index (χ2n) is 6.82. The Morgan fingerprint density at radius 3 is 2.65 bits per heavy atom. The molecule has 0 spiro atoms. The summed E-state index contributed by atoms with van der Waals surface area (Å²) < 4.78 is 5.68. The third-order valence-electron chi connectivity index (χ3n) is 3.92. The standard InChI is InChI=1S/C17H26N2O3.ClH/c1-17(2,3)13-6-4-5-7-15(13)22-11-16(21)19-9-12-8-18-10-14(12)20;/h4-7,12,14,18,20H,8-11H2,1-3H3,(H,19,21);1H. The van der Waals surface area contributed by atoms with Gasteiger partial charge in [-0.3, -0.25) is 4.79 Å². The van der Waals surface area contributed by atoms with Crippen LogP contribution in [0, 0.1) is 5.92 Å². The van der Waals surface area contributed by atoms with Gasteiger partial charge in [0.1, 0.15) is 5.75 Å². The van der Waals surface area contributed by atoms with Crippen LogP contribution in [-0.2, 0) is 10.2 Å². The van der Waals surface area contributed by atoms with Gasteiger partial charge in [0, 0.05) is 25.6 Å². The van der Waals surface area contributed by atoms with Crippen LogP contribution in [0.2, 0.25) is 0 Å². The first-order chi connectivity index (χ1) is 10.4. The molecule has 1 amide bonds. The summed E-state index contributed by atoms with van der Waals surface area (Å²) in [5.41, 5.74) is 1.05. The van der Waals surface area contributed by atoms with E-state index in [1.54, 1.807) is 0 Å². The van der Waals surface area contributed by atoms with Crippen LogP contribution in [-0.4, -0.2) is 43.4 Å². The van der Waals surface area contributed by atoms with Crippen LogP contribution in [0.15, 0.2) is 24.3 Å². The van der Waals surface area contributed by atoms with E-state index >= 15 is 0 Å². The highest BCUT2D eigenvalue weighted by Gasteiger charge is 2.25. The molecule has 1 aromatic carbocycles. The molecule has 1 aliphatic rings. The van der Waals surface area contributed by atoms with Gasteiger partial charge < -0.3 is 20.5 Å². The number of halogens is 1. The quantitative estimate of drug-likeness (QED) is 0.758. The van der Waals surface area contributed by atoms with Crippen LogP contribution < -0.4 is 15.4 Å². The van der Waals surface area contributed by atoms with Gasteiger partial charge in [-0.15, -0.1) is 12.4 Å². The Bertz CT molecular complexity index is 517. The SMILES string of the molecule is CC(C)(C)c1ccccc1OCC(=O)NCC1CNCC1O.Cl. The fourth-order valence-electron chi connectivity index (χ4n) is 2.58. The van der Waals surface area contributed by atoms with Gasteiger partial charge in [-0.25, -0.2) is 0 Å². The van der Waals surface area contributed by atoms with Crippen molar-refractivity contribution >= 4 is 18.3 Å². The third kappa shape index (κ3) is 5.68. The average Bonchev–Trinajstić information content (AvgIpc) is 2.87. The number of aliphatic hydroxyl groups is 1. The highest BCUT2D eigenvalue weighted by atomic mass is 35.5. The Kier molecular flexibility index (Phi) is 7.32. The summed E-state index contributed by atoms with van der Waals surface area (Å²) in [4.78, 5) is 11.9. The topological polar surface area (TPSA) is 70.6 Å². The van der Waals surface area contributed by atoms with Crippen LogP contribution in [0.5, 0.6) is 5.75 Å². The molecule has 3 N–H and O–H groups in total. The molecule has 6 heteroatoms. The van der Waals surface area contributed by atoms with E-state index in [1.807, 2.05) is 24.3 Å². The summed E-state index contributed by atoms with van der Waals surface area (Å²) in [6.07, 6.45) is -0.386. The summed E-state index contributed by atoms with van der Waals surface area (Å²) in [6.45, 7) is 8.13. The number of amides is 1. The molecule has 5 nitrogen and oxygen atoms in total. The minimum atomic E-state index is -0.386. The van der Waals surface area contributed by atoms with Crippen LogP contribution in [0.25, 0.3) is 0 Å². The molecule has 0 aromatic heterocycles. The maximum atomic E-state index is 11.9. The van der Waals surface area contributed by atoms with Gasteiger partial charge in [0.25, 0.3) is 5.91 Å². The summed E-state index contributed by atoms with van der Waals surface area (Å²) in [6, 6.07) is 7.79. The Morgan fingerprint density at radius 1 is 1.35 bits per heavy atom. The Morgan fingerprint density at radius 2 is 2.04 bits per heavy atom. The van der Waals surface area contributed by atoms with Crippen LogP contribution >= 0.6 is 12.4 Å². The van der Waals surface area contributed by atoms with Crippen LogP contribution in [0.3, 0.4) is 0 Å². The van der Waals surface area contributed by atoms with Crippen molar-refractivity contribution in [2.24, 2.45) is 5.92 Å². The largest absolute Gasteiger partial charge is 0.483 e. The van der Waals surface area contributed by atoms with Crippen molar-refractivity contribution in [2.45, 2.75) is 32.3 Å². The molecule has 1 saturated heterocycles. The molecule has 1 heterocycles. The molecule has 0 bridgehead atoms. The molecule has 2 atom stereocenters. The van der Waals surface area contributed by atoms with Gasteiger partial charge in [0.15, 0.2) is 6.61 Å². The number of rotatable bonds is 5. The van der Waals surface area contributed by atoms with Gasteiger partial charge in [0.05, 0.1) is 6.10 Å². The first-order valence-corrected chi connectivity index (χ1v) is 7.75. The van der Waals surface area contributed by atoms with E-state index in [9.17, 15) is 9.90 Å². The molecule has 2 unspecified atom stereocenters. The molecular formula is C17H27ClN2O3. The second kappa shape index (κ2) is 8.52. The number of hydrogen-bond acceptors (Lipinski definition) is 4. The predicted octanol–water partition coefficient (Wildman–Crippen LogP) is 1.48. The minimum absolute atomic E-state index is 0. The third-order valence-corrected chi connectivity index (χ3v) is 3.92. The van der Waals surface area contributed by atoms with Crippen molar-refractivity contribution < 1.29 is 14.6 Å². The van der Waals surface area contributed by atoms with E-state index in [0.29, 0.717) is 13.1 Å². The van der Waals surface area contributed by atoms with Gasteiger partial charge in [0.2, 0.25) is 0 Å². The van der Waals surface area contributed by atoms with E-state index in [4.69, 9.17) is 4.74 Å². The van der Waals surface area contributed by atoms with E-state index in [0.717, 1.165) is 17.9 Å². The summed E-state index contributed by atoms with van der Waals surface area (Å²) in [5, 5.41) is 15.6. The van der Waals surface area contributed by atoms with E-state index < -0.39 is 0 Å². The smallest absolute Gasteiger partial charge is 0.257 e.